The fourth-order valence-electron chi connectivity index (χ4n) is 3.46. The first-order valence-electron chi connectivity index (χ1n) is 8.19. The van der Waals surface area contributed by atoms with Crippen LogP contribution in [0.3, 0.4) is 0 Å². The molecular formula is C16H16Cl2N2O4S2. The Morgan fingerprint density at radius 3 is 2.85 bits per heavy atom. The zero-order valence-electron chi connectivity index (χ0n) is 13.6. The maximum absolute atomic E-state index is 12.4. The molecule has 140 valence electrons. The summed E-state index contributed by atoms with van der Waals surface area (Å²) in [6.45, 7) is 0.557. The molecule has 6 nitrogen and oxygen atoms in total. The number of thioether (sulfide) groups is 1. The number of ether oxygens (including phenoxy) is 1. The highest BCUT2D eigenvalue weighted by Gasteiger charge is 2.50. The lowest BCUT2D eigenvalue weighted by Gasteiger charge is -2.25. The number of amides is 1. The molecule has 0 spiro atoms. The third-order valence-corrected chi connectivity index (χ3v) is 8.41. The largest absolute Gasteiger partial charge is 0.368 e. The molecule has 0 aromatic heterocycles. The summed E-state index contributed by atoms with van der Waals surface area (Å²) in [5.41, 5.74) is 0.565. The Bertz CT molecular complexity index is 884. The van der Waals surface area contributed by atoms with Crippen LogP contribution < -0.4 is 4.90 Å². The van der Waals surface area contributed by atoms with Gasteiger partial charge in [-0.25, -0.2) is 8.42 Å². The number of nitrogens with zero attached hydrogens (tertiary/aromatic N) is 2. The number of aliphatic imine (C=N–C) groups is 1. The highest BCUT2D eigenvalue weighted by Crippen LogP contribution is 2.43. The lowest BCUT2D eigenvalue weighted by Crippen LogP contribution is -2.38. The molecule has 4 rings (SSSR count). The Labute approximate surface area is 165 Å². The Morgan fingerprint density at radius 2 is 2.12 bits per heavy atom. The molecule has 0 unspecified atom stereocenters. The fraction of sp³-hybridized carbons (Fsp3) is 0.500. The summed E-state index contributed by atoms with van der Waals surface area (Å²) in [5, 5.41) is 1.17. The van der Waals surface area contributed by atoms with Gasteiger partial charge in [-0.15, -0.1) is 0 Å². The molecule has 0 bridgehead atoms. The molecule has 0 N–H and O–H groups in total. The van der Waals surface area contributed by atoms with Crippen molar-refractivity contribution in [1.29, 1.82) is 0 Å². The molecule has 3 aliphatic heterocycles. The van der Waals surface area contributed by atoms with Gasteiger partial charge in [0.1, 0.15) is 6.10 Å². The third-order valence-electron chi connectivity index (χ3n) is 4.65. The van der Waals surface area contributed by atoms with E-state index in [4.69, 9.17) is 27.9 Å². The van der Waals surface area contributed by atoms with Crippen LogP contribution in [0.5, 0.6) is 0 Å². The standard InChI is InChI=1S/C16H16Cl2N2O4S2/c17-9-3-4-10(18)11(6-9)20-12-7-26(22,23)8-14(12)25-16(20)19-15(21)13-2-1-5-24-13/h3-4,6,12-14H,1-2,5,7-8H2/t12-,13+,14-/m1/s1. The van der Waals surface area contributed by atoms with Crippen LogP contribution >= 0.6 is 35.0 Å². The number of hydrogen-bond donors (Lipinski definition) is 0. The van der Waals surface area contributed by atoms with Crippen LogP contribution in [0.1, 0.15) is 12.8 Å². The summed E-state index contributed by atoms with van der Waals surface area (Å²) in [7, 11) is -3.14. The van der Waals surface area contributed by atoms with Crippen molar-refractivity contribution in [3.63, 3.8) is 0 Å². The molecule has 3 atom stereocenters. The van der Waals surface area contributed by atoms with Gasteiger partial charge in [-0.1, -0.05) is 35.0 Å². The average Bonchev–Trinajstić information content (AvgIpc) is 3.25. The van der Waals surface area contributed by atoms with Gasteiger partial charge in [-0.3, -0.25) is 4.79 Å². The number of fused-ring (bicyclic) bond motifs is 1. The van der Waals surface area contributed by atoms with Crippen LogP contribution in [-0.4, -0.2) is 55.0 Å². The van der Waals surface area contributed by atoms with E-state index in [0.717, 1.165) is 6.42 Å². The average molecular weight is 435 g/mol. The van der Waals surface area contributed by atoms with Crippen molar-refractivity contribution in [3.8, 4) is 0 Å². The molecule has 10 heteroatoms. The maximum Gasteiger partial charge on any atom is 0.277 e. The molecule has 1 amide bonds. The van der Waals surface area contributed by atoms with Gasteiger partial charge in [-0.2, -0.15) is 4.99 Å². The molecule has 0 aliphatic carbocycles. The fourth-order valence-corrected chi connectivity index (χ4v) is 7.74. The highest BCUT2D eigenvalue weighted by atomic mass is 35.5. The summed E-state index contributed by atoms with van der Waals surface area (Å²) < 4.78 is 29.6. The Balaban J connectivity index is 1.73. The van der Waals surface area contributed by atoms with Crippen molar-refractivity contribution >= 4 is 61.6 Å². The Hall–Kier alpha value is -0.800. The molecule has 3 saturated heterocycles. The van der Waals surface area contributed by atoms with E-state index in [-0.39, 0.29) is 28.7 Å². The van der Waals surface area contributed by atoms with E-state index < -0.39 is 15.9 Å². The molecule has 0 radical (unpaired) electrons. The van der Waals surface area contributed by atoms with Crippen LogP contribution in [0.15, 0.2) is 23.2 Å². The molecule has 1 aromatic carbocycles. The van der Waals surface area contributed by atoms with E-state index in [1.807, 2.05) is 0 Å². The number of amidine groups is 1. The predicted octanol–water partition coefficient (Wildman–Crippen LogP) is 2.77. The second-order valence-electron chi connectivity index (χ2n) is 6.50. The van der Waals surface area contributed by atoms with E-state index in [2.05, 4.69) is 4.99 Å². The van der Waals surface area contributed by atoms with Gasteiger partial charge in [0.05, 0.1) is 28.3 Å². The topological polar surface area (TPSA) is 76.0 Å². The Morgan fingerprint density at radius 1 is 1.31 bits per heavy atom. The highest BCUT2D eigenvalue weighted by molar-refractivity contribution is 8.16. The summed E-state index contributed by atoms with van der Waals surface area (Å²) in [4.78, 5) is 18.5. The zero-order chi connectivity index (χ0) is 18.5. The van der Waals surface area contributed by atoms with Crippen molar-refractivity contribution < 1.29 is 17.9 Å². The first-order chi connectivity index (χ1) is 12.3. The maximum atomic E-state index is 12.4. The van der Waals surface area contributed by atoms with Crippen LogP contribution in [-0.2, 0) is 19.4 Å². The van der Waals surface area contributed by atoms with Gasteiger partial charge >= 0.3 is 0 Å². The van der Waals surface area contributed by atoms with Gasteiger partial charge in [0, 0.05) is 16.9 Å². The number of hydrogen-bond acceptors (Lipinski definition) is 5. The van der Waals surface area contributed by atoms with Crippen molar-refractivity contribution in [2.24, 2.45) is 4.99 Å². The second kappa shape index (κ2) is 6.98. The van der Waals surface area contributed by atoms with E-state index in [1.165, 1.54) is 11.8 Å². The molecule has 3 fully saturated rings. The van der Waals surface area contributed by atoms with Gasteiger partial charge in [-0.05, 0) is 31.0 Å². The van der Waals surface area contributed by atoms with Gasteiger partial charge < -0.3 is 9.64 Å². The third kappa shape index (κ3) is 3.49. The second-order valence-corrected chi connectivity index (χ2v) is 10.7. The quantitative estimate of drug-likeness (QED) is 0.711. The number of halogens is 2. The minimum atomic E-state index is -3.14. The van der Waals surface area contributed by atoms with E-state index >= 15 is 0 Å². The van der Waals surface area contributed by atoms with Crippen molar-refractivity contribution in [2.45, 2.75) is 30.2 Å². The summed E-state index contributed by atoms with van der Waals surface area (Å²) >= 11 is 13.8. The summed E-state index contributed by atoms with van der Waals surface area (Å²) in [6, 6.07) is 4.66. The molecule has 0 saturated carbocycles. The summed E-state index contributed by atoms with van der Waals surface area (Å²) in [6.07, 6.45) is 0.963. The van der Waals surface area contributed by atoms with Crippen molar-refractivity contribution in [3.05, 3.63) is 28.2 Å². The zero-order valence-corrected chi connectivity index (χ0v) is 16.7. The van der Waals surface area contributed by atoms with Crippen LogP contribution in [0.25, 0.3) is 0 Å². The van der Waals surface area contributed by atoms with Crippen LogP contribution in [0.4, 0.5) is 5.69 Å². The van der Waals surface area contributed by atoms with Gasteiger partial charge in [0.25, 0.3) is 5.91 Å². The lowest BCUT2D eigenvalue weighted by molar-refractivity contribution is -0.126. The normalized spacial score (nSPS) is 31.5. The molecule has 3 heterocycles. The Kier molecular flexibility index (Phi) is 4.98. The minimum absolute atomic E-state index is 0.000643. The first kappa shape index (κ1) is 18.6. The molecule has 26 heavy (non-hydrogen) atoms. The summed E-state index contributed by atoms with van der Waals surface area (Å²) in [5.74, 6) is -0.277. The van der Waals surface area contributed by atoms with Crippen molar-refractivity contribution in [2.75, 3.05) is 23.0 Å². The van der Waals surface area contributed by atoms with Gasteiger partial charge in [0.2, 0.25) is 0 Å². The van der Waals surface area contributed by atoms with Gasteiger partial charge in [0.15, 0.2) is 15.0 Å². The first-order valence-corrected chi connectivity index (χ1v) is 11.7. The number of benzene rings is 1. The number of sulfone groups is 1. The lowest BCUT2D eigenvalue weighted by atomic mass is 10.2. The minimum Gasteiger partial charge on any atom is -0.368 e. The van der Waals surface area contributed by atoms with E-state index in [0.29, 0.717) is 33.9 Å². The van der Waals surface area contributed by atoms with Crippen molar-refractivity contribution in [1.82, 2.24) is 0 Å². The number of anilines is 1. The predicted molar refractivity (Wildman–Crippen MR) is 104 cm³/mol. The van der Waals surface area contributed by atoms with Crippen LogP contribution in [0.2, 0.25) is 10.0 Å². The molecular weight excluding hydrogens is 419 g/mol. The van der Waals surface area contributed by atoms with E-state index in [9.17, 15) is 13.2 Å². The monoisotopic (exact) mass is 434 g/mol. The number of carbonyl (C=O) groups excluding carboxylic acids is 1. The molecule has 1 aromatic rings. The number of rotatable bonds is 2. The molecule has 3 aliphatic rings. The van der Waals surface area contributed by atoms with E-state index in [1.54, 1.807) is 23.1 Å². The number of carbonyl (C=O) groups is 1. The smallest absolute Gasteiger partial charge is 0.277 e. The SMILES string of the molecule is O=C(N=C1S[C@@H]2CS(=O)(=O)C[C@H]2N1c1cc(Cl)ccc1Cl)[C@@H]1CCCO1. The van der Waals surface area contributed by atoms with Crippen LogP contribution in [0, 0.1) is 0 Å².